The molecular weight excluding hydrogens is 418 g/mol. The Morgan fingerprint density at radius 1 is 1.00 bits per heavy atom. The van der Waals surface area contributed by atoms with E-state index in [0.29, 0.717) is 10.6 Å². The maximum absolute atomic E-state index is 12.2. The highest BCUT2D eigenvalue weighted by Gasteiger charge is 2.11. The summed E-state index contributed by atoms with van der Waals surface area (Å²) in [5, 5.41) is 19.6. The molecule has 0 bridgehead atoms. The van der Waals surface area contributed by atoms with Gasteiger partial charge in [-0.2, -0.15) is 0 Å². The summed E-state index contributed by atoms with van der Waals surface area (Å²) in [7, 11) is 0. The number of Topliss-reactive ketones (excluding diaryl/α,β-unsaturated/α-hetero) is 1. The molecule has 1 aromatic heterocycles. The minimum Gasteiger partial charge on any atom is -0.293 e. The molecule has 3 aromatic rings. The molecular formula is C18H12BrN3O3S. The van der Waals surface area contributed by atoms with Crippen molar-refractivity contribution in [1.82, 2.24) is 10.2 Å². The molecule has 6 nitrogen and oxygen atoms in total. The second-order valence-electron chi connectivity index (χ2n) is 5.28. The van der Waals surface area contributed by atoms with E-state index in [4.69, 9.17) is 0 Å². The Balaban J connectivity index is 1.61. The van der Waals surface area contributed by atoms with Crippen LogP contribution in [0, 0.1) is 10.1 Å². The number of non-ortho nitro benzene ring substituents is 1. The molecule has 3 rings (SSSR count). The lowest BCUT2D eigenvalue weighted by atomic mass is 10.1. The SMILES string of the molecule is O=C(CSc1ccc(-c2ccc(Br)cc2)nn1)c1ccc([N+](=O)[O-])cc1. The monoisotopic (exact) mass is 429 g/mol. The van der Waals surface area contributed by atoms with Gasteiger partial charge in [-0.3, -0.25) is 14.9 Å². The molecule has 0 atom stereocenters. The van der Waals surface area contributed by atoms with E-state index in [1.807, 2.05) is 36.4 Å². The van der Waals surface area contributed by atoms with Crippen molar-refractivity contribution in [2.75, 3.05) is 5.75 Å². The maximum Gasteiger partial charge on any atom is 0.269 e. The average Bonchev–Trinajstić information content (AvgIpc) is 2.67. The van der Waals surface area contributed by atoms with Gasteiger partial charge < -0.3 is 0 Å². The molecule has 1 heterocycles. The minimum absolute atomic E-state index is 0.0383. The van der Waals surface area contributed by atoms with Gasteiger partial charge in [-0.15, -0.1) is 10.2 Å². The fourth-order valence-electron chi connectivity index (χ4n) is 2.16. The van der Waals surface area contributed by atoms with E-state index in [0.717, 1.165) is 15.7 Å². The van der Waals surface area contributed by atoms with Gasteiger partial charge in [-0.1, -0.05) is 39.8 Å². The number of carbonyl (C=O) groups is 1. The number of hydrogen-bond donors (Lipinski definition) is 0. The van der Waals surface area contributed by atoms with Crippen LogP contribution < -0.4 is 0 Å². The Hall–Kier alpha value is -2.58. The molecule has 0 radical (unpaired) electrons. The third kappa shape index (κ3) is 4.53. The van der Waals surface area contributed by atoms with Crippen LogP contribution in [0.25, 0.3) is 11.3 Å². The van der Waals surface area contributed by atoms with Gasteiger partial charge in [0.1, 0.15) is 5.03 Å². The number of halogens is 1. The van der Waals surface area contributed by atoms with Gasteiger partial charge in [0.2, 0.25) is 0 Å². The highest BCUT2D eigenvalue weighted by atomic mass is 79.9. The van der Waals surface area contributed by atoms with Crippen LogP contribution in [0.5, 0.6) is 0 Å². The quantitative estimate of drug-likeness (QED) is 0.242. The molecule has 0 aliphatic carbocycles. The first-order valence-electron chi connectivity index (χ1n) is 7.53. The fourth-order valence-corrected chi connectivity index (χ4v) is 3.14. The van der Waals surface area contributed by atoms with Crippen LogP contribution in [0.1, 0.15) is 10.4 Å². The first-order valence-corrected chi connectivity index (χ1v) is 9.31. The van der Waals surface area contributed by atoms with Crippen molar-refractivity contribution < 1.29 is 9.72 Å². The number of nitro groups is 1. The molecule has 0 fully saturated rings. The van der Waals surface area contributed by atoms with Gasteiger partial charge >= 0.3 is 0 Å². The van der Waals surface area contributed by atoms with Gasteiger partial charge in [0, 0.05) is 27.7 Å². The Morgan fingerprint density at radius 3 is 2.27 bits per heavy atom. The predicted molar refractivity (Wildman–Crippen MR) is 103 cm³/mol. The van der Waals surface area contributed by atoms with Gasteiger partial charge in [-0.05, 0) is 36.4 Å². The lowest BCUT2D eigenvalue weighted by molar-refractivity contribution is -0.384. The first-order chi connectivity index (χ1) is 12.5. The highest BCUT2D eigenvalue weighted by molar-refractivity contribution is 9.10. The normalized spacial score (nSPS) is 10.5. The van der Waals surface area contributed by atoms with Crippen molar-refractivity contribution in [3.8, 4) is 11.3 Å². The zero-order valence-electron chi connectivity index (χ0n) is 13.3. The molecule has 2 aromatic carbocycles. The number of carbonyl (C=O) groups excluding carboxylic acids is 1. The van der Waals surface area contributed by atoms with Crippen LogP contribution in [-0.2, 0) is 0 Å². The third-order valence-electron chi connectivity index (χ3n) is 3.53. The van der Waals surface area contributed by atoms with Gasteiger partial charge in [-0.25, -0.2) is 0 Å². The van der Waals surface area contributed by atoms with Crippen molar-refractivity contribution in [1.29, 1.82) is 0 Å². The summed E-state index contributed by atoms with van der Waals surface area (Å²) in [5.41, 5.74) is 2.11. The molecule has 0 amide bonds. The van der Waals surface area contributed by atoms with Gasteiger partial charge in [0.05, 0.1) is 16.4 Å². The summed E-state index contributed by atoms with van der Waals surface area (Å²) < 4.78 is 0.992. The van der Waals surface area contributed by atoms with E-state index in [-0.39, 0.29) is 17.2 Å². The van der Waals surface area contributed by atoms with Crippen molar-refractivity contribution >= 4 is 39.2 Å². The molecule has 0 unspecified atom stereocenters. The van der Waals surface area contributed by atoms with E-state index in [1.165, 1.54) is 36.0 Å². The van der Waals surface area contributed by atoms with E-state index in [9.17, 15) is 14.9 Å². The fraction of sp³-hybridized carbons (Fsp3) is 0.0556. The van der Waals surface area contributed by atoms with E-state index < -0.39 is 4.92 Å². The molecule has 26 heavy (non-hydrogen) atoms. The second kappa shape index (κ2) is 8.20. The number of thioether (sulfide) groups is 1. The smallest absolute Gasteiger partial charge is 0.269 e. The van der Waals surface area contributed by atoms with Crippen LogP contribution in [-0.4, -0.2) is 26.7 Å². The van der Waals surface area contributed by atoms with Crippen LogP contribution >= 0.6 is 27.7 Å². The number of benzene rings is 2. The van der Waals surface area contributed by atoms with Crippen LogP contribution in [0.3, 0.4) is 0 Å². The minimum atomic E-state index is -0.494. The average molecular weight is 430 g/mol. The van der Waals surface area contributed by atoms with E-state index in [1.54, 1.807) is 0 Å². The number of aromatic nitrogens is 2. The third-order valence-corrected chi connectivity index (χ3v) is 4.98. The Labute approximate surface area is 161 Å². The van der Waals surface area contributed by atoms with Gasteiger partial charge in [0.25, 0.3) is 5.69 Å². The van der Waals surface area contributed by atoms with Crippen molar-refractivity contribution in [2.24, 2.45) is 0 Å². The molecule has 0 saturated carbocycles. The van der Waals surface area contributed by atoms with Crippen LogP contribution in [0.2, 0.25) is 0 Å². The van der Waals surface area contributed by atoms with Crippen molar-refractivity contribution in [3.63, 3.8) is 0 Å². The number of hydrogen-bond acceptors (Lipinski definition) is 6. The Bertz CT molecular complexity index is 929. The van der Waals surface area contributed by atoms with Gasteiger partial charge in [0.15, 0.2) is 5.78 Å². The summed E-state index contributed by atoms with van der Waals surface area (Å²) in [4.78, 5) is 22.3. The summed E-state index contributed by atoms with van der Waals surface area (Å²) >= 11 is 4.66. The standard InChI is InChI=1S/C18H12BrN3O3S/c19-14-5-1-12(2-6-14)16-9-10-18(21-20-16)26-11-17(23)13-3-7-15(8-4-13)22(24)25/h1-10H,11H2. The Morgan fingerprint density at radius 2 is 1.69 bits per heavy atom. The lowest BCUT2D eigenvalue weighted by Gasteiger charge is -2.03. The van der Waals surface area contributed by atoms with E-state index >= 15 is 0 Å². The highest BCUT2D eigenvalue weighted by Crippen LogP contribution is 2.22. The largest absolute Gasteiger partial charge is 0.293 e. The van der Waals surface area contributed by atoms with E-state index in [2.05, 4.69) is 26.1 Å². The predicted octanol–water partition coefficient (Wildman–Crippen LogP) is 4.79. The molecule has 0 aliphatic rings. The molecule has 130 valence electrons. The summed E-state index contributed by atoms with van der Waals surface area (Å²) in [6.07, 6.45) is 0. The maximum atomic E-state index is 12.2. The second-order valence-corrected chi connectivity index (χ2v) is 7.19. The molecule has 0 saturated heterocycles. The number of rotatable bonds is 6. The first kappa shape index (κ1) is 18.2. The summed E-state index contributed by atoms with van der Waals surface area (Å²) in [6, 6.07) is 17.0. The summed E-state index contributed by atoms with van der Waals surface area (Å²) in [5.74, 6) is 0.0631. The van der Waals surface area contributed by atoms with Crippen LogP contribution in [0.15, 0.2) is 70.2 Å². The molecule has 8 heteroatoms. The number of ketones is 1. The molecule has 0 spiro atoms. The molecule has 0 aliphatic heterocycles. The zero-order chi connectivity index (χ0) is 18.5. The van der Waals surface area contributed by atoms with Crippen LogP contribution in [0.4, 0.5) is 5.69 Å². The Kier molecular flexibility index (Phi) is 5.75. The topological polar surface area (TPSA) is 86.0 Å². The van der Waals surface area contributed by atoms with Crippen molar-refractivity contribution in [2.45, 2.75) is 5.03 Å². The molecule has 0 N–H and O–H groups in total. The zero-order valence-corrected chi connectivity index (χ0v) is 15.7. The van der Waals surface area contributed by atoms with Crippen molar-refractivity contribution in [3.05, 3.63) is 80.8 Å². The number of nitro benzene ring substituents is 1. The lowest BCUT2D eigenvalue weighted by Crippen LogP contribution is -2.03. The number of nitrogens with zero attached hydrogens (tertiary/aromatic N) is 3. The summed E-state index contributed by atoms with van der Waals surface area (Å²) in [6.45, 7) is 0.